The second-order valence-electron chi connectivity index (χ2n) is 2.67. The van der Waals surface area contributed by atoms with E-state index < -0.39 is 0 Å². The van der Waals surface area contributed by atoms with Gasteiger partial charge in [-0.3, -0.25) is 5.10 Å². The highest BCUT2D eigenvalue weighted by atomic mass is 15.2. The first-order chi connectivity index (χ1) is 5.29. The maximum atomic E-state index is 5.64. The molecule has 0 radical (unpaired) electrons. The Morgan fingerprint density at radius 3 is 2.73 bits per heavy atom. The van der Waals surface area contributed by atoms with Crippen molar-refractivity contribution >= 4 is 5.82 Å². The second-order valence-corrected chi connectivity index (χ2v) is 2.67. The van der Waals surface area contributed by atoms with Crippen LogP contribution in [-0.4, -0.2) is 10.2 Å². The van der Waals surface area contributed by atoms with E-state index in [-0.39, 0.29) is 0 Å². The topological polar surface area (TPSA) is 54.7 Å². The minimum absolute atomic E-state index is 0.663. The fourth-order valence-electron chi connectivity index (χ4n) is 1.27. The van der Waals surface area contributed by atoms with Crippen LogP contribution in [0.25, 0.3) is 0 Å². The van der Waals surface area contributed by atoms with Crippen molar-refractivity contribution in [3.63, 3.8) is 0 Å². The molecule has 1 aromatic heterocycles. The first-order valence-corrected chi connectivity index (χ1v) is 4.11. The van der Waals surface area contributed by atoms with Crippen LogP contribution in [0.1, 0.15) is 31.5 Å². The summed E-state index contributed by atoms with van der Waals surface area (Å²) in [6, 6.07) is 0. The Bertz CT molecular complexity index is 227. The standard InChI is InChI=1S/C8H15N3/c1-3-5-7-6(4-2)8(9)11-10-7/h3-5H2,1-2H3,(H3,9,10,11). The zero-order valence-electron chi connectivity index (χ0n) is 7.15. The number of nitrogen functional groups attached to an aromatic ring is 1. The van der Waals surface area contributed by atoms with Gasteiger partial charge in [0, 0.05) is 11.3 Å². The smallest absolute Gasteiger partial charge is 0.148 e. The molecule has 1 heterocycles. The fourth-order valence-corrected chi connectivity index (χ4v) is 1.27. The van der Waals surface area contributed by atoms with Gasteiger partial charge in [0.15, 0.2) is 0 Å². The molecule has 11 heavy (non-hydrogen) atoms. The highest BCUT2D eigenvalue weighted by Crippen LogP contribution is 2.14. The molecule has 0 amide bonds. The van der Waals surface area contributed by atoms with Gasteiger partial charge in [-0.25, -0.2) is 0 Å². The molecule has 3 heteroatoms. The molecule has 62 valence electrons. The largest absolute Gasteiger partial charge is 0.382 e. The first kappa shape index (κ1) is 8.11. The molecule has 3 nitrogen and oxygen atoms in total. The van der Waals surface area contributed by atoms with E-state index in [0.717, 1.165) is 19.3 Å². The number of aromatic amines is 1. The van der Waals surface area contributed by atoms with Gasteiger partial charge in [-0.2, -0.15) is 5.10 Å². The Labute approximate surface area is 67.0 Å². The molecular formula is C8H15N3. The summed E-state index contributed by atoms with van der Waals surface area (Å²) in [5.41, 5.74) is 8.03. The van der Waals surface area contributed by atoms with Gasteiger partial charge in [0.2, 0.25) is 0 Å². The van der Waals surface area contributed by atoms with Gasteiger partial charge < -0.3 is 5.73 Å². The van der Waals surface area contributed by atoms with Crippen LogP contribution in [0, 0.1) is 0 Å². The molecule has 0 unspecified atom stereocenters. The number of aromatic nitrogens is 2. The normalized spacial score (nSPS) is 10.4. The zero-order chi connectivity index (χ0) is 8.27. The summed E-state index contributed by atoms with van der Waals surface area (Å²) in [5.74, 6) is 0.663. The molecule has 0 bridgehead atoms. The van der Waals surface area contributed by atoms with Crippen molar-refractivity contribution in [2.75, 3.05) is 5.73 Å². The number of hydrogen-bond acceptors (Lipinski definition) is 2. The zero-order valence-corrected chi connectivity index (χ0v) is 7.15. The molecular weight excluding hydrogens is 138 g/mol. The molecule has 0 aliphatic heterocycles. The molecule has 0 atom stereocenters. The van der Waals surface area contributed by atoms with Crippen LogP contribution in [0.15, 0.2) is 0 Å². The molecule has 0 aromatic carbocycles. The number of nitrogens with one attached hydrogen (secondary N) is 1. The molecule has 0 fully saturated rings. The number of rotatable bonds is 3. The number of aryl methyl sites for hydroxylation is 1. The molecule has 0 spiro atoms. The van der Waals surface area contributed by atoms with Crippen molar-refractivity contribution in [3.05, 3.63) is 11.3 Å². The van der Waals surface area contributed by atoms with Gasteiger partial charge in [-0.1, -0.05) is 20.3 Å². The highest BCUT2D eigenvalue weighted by molar-refractivity contribution is 5.41. The van der Waals surface area contributed by atoms with Gasteiger partial charge in [0.05, 0.1) is 0 Å². The van der Waals surface area contributed by atoms with Gasteiger partial charge in [-0.05, 0) is 12.8 Å². The summed E-state index contributed by atoms with van der Waals surface area (Å²) in [6.07, 6.45) is 3.15. The molecule has 0 saturated carbocycles. The van der Waals surface area contributed by atoms with Crippen LogP contribution in [0.4, 0.5) is 5.82 Å². The van der Waals surface area contributed by atoms with Crippen LogP contribution in [0.2, 0.25) is 0 Å². The van der Waals surface area contributed by atoms with Gasteiger partial charge >= 0.3 is 0 Å². The summed E-state index contributed by atoms with van der Waals surface area (Å²) >= 11 is 0. The number of H-pyrrole nitrogens is 1. The van der Waals surface area contributed by atoms with Gasteiger partial charge in [-0.15, -0.1) is 0 Å². The predicted molar refractivity (Wildman–Crippen MR) is 46.4 cm³/mol. The van der Waals surface area contributed by atoms with E-state index in [2.05, 4.69) is 24.0 Å². The van der Waals surface area contributed by atoms with Crippen molar-refractivity contribution in [2.24, 2.45) is 0 Å². The summed E-state index contributed by atoms with van der Waals surface area (Å²) in [7, 11) is 0. The van der Waals surface area contributed by atoms with Crippen molar-refractivity contribution in [1.29, 1.82) is 0 Å². The third kappa shape index (κ3) is 1.53. The average molecular weight is 153 g/mol. The number of hydrogen-bond donors (Lipinski definition) is 2. The number of nitrogens with zero attached hydrogens (tertiary/aromatic N) is 1. The SMILES string of the molecule is CCCc1[nH]nc(N)c1CC. The van der Waals surface area contributed by atoms with Crippen LogP contribution in [-0.2, 0) is 12.8 Å². The van der Waals surface area contributed by atoms with Crippen LogP contribution < -0.4 is 5.73 Å². The van der Waals surface area contributed by atoms with Crippen LogP contribution >= 0.6 is 0 Å². The van der Waals surface area contributed by atoms with Gasteiger partial charge in [0.25, 0.3) is 0 Å². The van der Waals surface area contributed by atoms with Crippen molar-refractivity contribution in [3.8, 4) is 0 Å². The van der Waals surface area contributed by atoms with E-state index >= 15 is 0 Å². The predicted octanol–water partition coefficient (Wildman–Crippen LogP) is 1.51. The van der Waals surface area contributed by atoms with Crippen molar-refractivity contribution in [1.82, 2.24) is 10.2 Å². The Morgan fingerprint density at radius 1 is 1.45 bits per heavy atom. The number of nitrogens with two attached hydrogens (primary N) is 1. The molecule has 3 N–H and O–H groups in total. The maximum Gasteiger partial charge on any atom is 0.148 e. The Kier molecular flexibility index (Phi) is 2.52. The van der Waals surface area contributed by atoms with E-state index in [9.17, 15) is 0 Å². The molecule has 1 aromatic rings. The van der Waals surface area contributed by atoms with E-state index in [1.165, 1.54) is 11.3 Å². The Balaban J connectivity index is 2.86. The lowest BCUT2D eigenvalue weighted by atomic mass is 10.1. The summed E-state index contributed by atoms with van der Waals surface area (Å²) in [6.45, 7) is 4.25. The average Bonchev–Trinajstić information content (AvgIpc) is 2.33. The van der Waals surface area contributed by atoms with Crippen LogP contribution in [0.3, 0.4) is 0 Å². The molecule has 0 saturated heterocycles. The quantitative estimate of drug-likeness (QED) is 0.691. The Hall–Kier alpha value is -0.990. The van der Waals surface area contributed by atoms with E-state index in [1.54, 1.807) is 0 Å². The van der Waals surface area contributed by atoms with Crippen LogP contribution in [0.5, 0.6) is 0 Å². The summed E-state index contributed by atoms with van der Waals surface area (Å²) in [5, 5.41) is 6.91. The summed E-state index contributed by atoms with van der Waals surface area (Å²) < 4.78 is 0. The third-order valence-electron chi connectivity index (χ3n) is 1.84. The minimum Gasteiger partial charge on any atom is -0.382 e. The lowest BCUT2D eigenvalue weighted by molar-refractivity contribution is 0.854. The molecule has 0 aliphatic carbocycles. The fraction of sp³-hybridized carbons (Fsp3) is 0.625. The molecule has 1 rings (SSSR count). The first-order valence-electron chi connectivity index (χ1n) is 4.11. The third-order valence-corrected chi connectivity index (χ3v) is 1.84. The van der Waals surface area contributed by atoms with E-state index in [0.29, 0.717) is 5.82 Å². The van der Waals surface area contributed by atoms with E-state index in [1.807, 2.05) is 0 Å². The Morgan fingerprint density at radius 2 is 2.18 bits per heavy atom. The molecule has 0 aliphatic rings. The minimum atomic E-state index is 0.663. The highest BCUT2D eigenvalue weighted by Gasteiger charge is 2.06. The summed E-state index contributed by atoms with van der Waals surface area (Å²) in [4.78, 5) is 0. The maximum absolute atomic E-state index is 5.64. The lowest BCUT2D eigenvalue weighted by Crippen LogP contribution is -1.93. The lowest BCUT2D eigenvalue weighted by Gasteiger charge is -1.97. The number of anilines is 1. The monoisotopic (exact) mass is 153 g/mol. The second kappa shape index (κ2) is 3.42. The van der Waals surface area contributed by atoms with Gasteiger partial charge in [0.1, 0.15) is 5.82 Å². The van der Waals surface area contributed by atoms with Crippen molar-refractivity contribution < 1.29 is 0 Å². The van der Waals surface area contributed by atoms with E-state index in [4.69, 9.17) is 5.73 Å². The van der Waals surface area contributed by atoms with Crippen molar-refractivity contribution in [2.45, 2.75) is 33.1 Å².